The van der Waals surface area contributed by atoms with Gasteiger partial charge in [-0.2, -0.15) is 0 Å². The first-order chi connectivity index (χ1) is 24.3. The van der Waals surface area contributed by atoms with Crippen molar-refractivity contribution in [2.75, 3.05) is 0 Å². The molecule has 2 atom stereocenters. The van der Waals surface area contributed by atoms with Crippen molar-refractivity contribution in [3.8, 4) is 39.5 Å². The lowest BCUT2D eigenvalue weighted by atomic mass is 9.76. The Hall–Kier alpha value is -6.32. The molecule has 2 heterocycles. The Bertz CT molecular complexity index is 2590. The zero-order chi connectivity index (χ0) is 32.3. The van der Waals surface area contributed by atoms with Gasteiger partial charge in [-0.25, -0.2) is 9.97 Å². The van der Waals surface area contributed by atoms with Crippen molar-refractivity contribution in [3.63, 3.8) is 0 Å². The molecule has 10 rings (SSSR count). The number of nitrogens with zero attached hydrogens (tertiary/aromatic N) is 2. The van der Waals surface area contributed by atoms with Crippen LogP contribution in [0.5, 0.6) is 5.75 Å². The maximum Gasteiger partial charge on any atom is 0.160 e. The van der Waals surface area contributed by atoms with Crippen LogP contribution in [0.1, 0.15) is 34.3 Å². The first kappa shape index (κ1) is 27.8. The molecule has 3 heteroatoms. The van der Waals surface area contributed by atoms with Gasteiger partial charge in [-0.15, -0.1) is 0 Å². The number of benzene rings is 7. The first-order valence-electron chi connectivity index (χ1n) is 16.8. The minimum atomic E-state index is -0.112. The highest BCUT2D eigenvalue weighted by Crippen LogP contribution is 2.56. The summed E-state index contributed by atoms with van der Waals surface area (Å²) in [6.07, 6.45) is 2.24. The lowest BCUT2D eigenvalue weighted by Gasteiger charge is -2.29. The van der Waals surface area contributed by atoms with Crippen molar-refractivity contribution in [1.29, 1.82) is 0 Å². The van der Waals surface area contributed by atoms with Gasteiger partial charge in [0, 0.05) is 27.6 Å². The van der Waals surface area contributed by atoms with Gasteiger partial charge in [0.1, 0.15) is 11.9 Å². The second-order valence-electron chi connectivity index (χ2n) is 12.9. The number of hydrogen-bond acceptors (Lipinski definition) is 3. The molecule has 3 nitrogen and oxygen atoms in total. The number of rotatable bonds is 4. The van der Waals surface area contributed by atoms with Gasteiger partial charge in [0.15, 0.2) is 5.82 Å². The second-order valence-corrected chi connectivity index (χ2v) is 12.9. The third-order valence-electron chi connectivity index (χ3n) is 10.1. The Morgan fingerprint density at radius 1 is 0.469 bits per heavy atom. The molecule has 0 amide bonds. The molecule has 2 unspecified atom stereocenters. The van der Waals surface area contributed by atoms with Crippen molar-refractivity contribution >= 4 is 33.3 Å². The molecule has 7 aromatic carbocycles. The summed E-state index contributed by atoms with van der Waals surface area (Å²) in [4.78, 5) is 10.1. The van der Waals surface area contributed by atoms with Gasteiger partial charge in [-0.1, -0.05) is 146 Å². The number of aromatic nitrogens is 2. The molecular formula is C46H30N2O. The summed E-state index contributed by atoms with van der Waals surface area (Å²) in [5.41, 5.74) is 12.4. The lowest BCUT2D eigenvalue weighted by Crippen LogP contribution is -2.16. The largest absolute Gasteiger partial charge is 0.484 e. The summed E-state index contributed by atoms with van der Waals surface area (Å²) in [6.45, 7) is 0. The summed E-state index contributed by atoms with van der Waals surface area (Å²) in [5.74, 6) is 1.66. The molecule has 230 valence electrons. The maximum atomic E-state index is 6.89. The van der Waals surface area contributed by atoms with Gasteiger partial charge < -0.3 is 4.74 Å². The molecule has 8 aromatic rings. The Morgan fingerprint density at radius 2 is 1.18 bits per heavy atom. The van der Waals surface area contributed by atoms with Crippen molar-refractivity contribution in [3.05, 3.63) is 186 Å². The lowest BCUT2D eigenvalue weighted by molar-refractivity contribution is 0.226. The molecule has 49 heavy (non-hydrogen) atoms. The van der Waals surface area contributed by atoms with Gasteiger partial charge in [-0.3, -0.25) is 0 Å². The summed E-state index contributed by atoms with van der Waals surface area (Å²) >= 11 is 0. The first-order valence-corrected chi connectivity index (χ1v) is 16.8. The van der Waals surface area contributed by atoms with E-state index in [2.05, 4.69) is 152 Å². The molecule has 0 radical (unpaired) electrons. The predicted octanol–water partition coefficient (Wildman–Crippen LogP) is 11.6. The Morgan fingerprint density at radius 3 is 2.08 bits per heavy atom. The standard InChI is InChI=1S/C46H30N2O/c1-2-11-32(12-3-1)44-38-16-8-9-17-41(38)47-46(48-44)36-24-25-39-42(28-36)49-45-37-15-7-6-14-35(37)27-40(43(39)45)31-21-18-30(19-22-31)34-23-20-29-10-4-5-13-33(29)26-34/h1-28,43,45H. The minimum absolute atomic E-state index is 0.0721. The molecule has 0 N–H and O–H groups in total. The molecule has 0 saturated heterocycles. The van der Waals surface area contributed by atoms with E-state index in [0.29, 0.717) is 5.82 Å². The normalized spacial score (nSPS) is 16.0. The average molecular weight is 627 g/mol. The fraction of sp³-hybridized carbons (Fsp3) is 0.0435. The van der Waals surface area contributed by atoms with E-state index in [1.54, 1.807) is 0 Å². The van der Waals surface area contributed by atoms with E-state index in [0.717, 1.165) is 33.5 Å². The van der Waals surface area contributed by atoms with E-state index < -0.39 is 0 Å². The number of hydrogen-bond donors (Lipinski definition) is 0. The van der Waals surface area contributed by atoms with Crippen LogP contribution in [0.15, 0.2) is 164 Å². The number of ether oxygens (including phenoxy) is 1. The monoisotopic (exact) mass is 626 g/mol. The number of fused-ring (bicyclic) bond motifs is 7. The molecule has 2 aliphatic rings. The Kier molecular flexibility index (Phi) is 6.31. The highest BCUT2D eigenvalue weighted by Gasteiger charge is 2.41. The molecule has 1 aromatic heterocycles. The third-order valence-corrected chi connectivity index (χ3v) is 10.1. The van der Waals surface area contributed by atoms with E-state index in [-0.39, 0.29) is 12.0 Å². The zero-order valence-electron chi connectivity index (χ0n) is 26.6. The highest BCUT2D eigenvalue weighted by atomic mass is 16.5. The van der Waals surface area contributed by atoms with E-state index in [9.17, 15) is 0 Å². The molecule has 1 aliphatic heterocycles. The third kappa shape index (κ3) is 4.66. The van der Waals surface area contributed by atoms with Crippen LogP contribution < -0.4 is 4.74 Å². The highest BCUT2D eigenvalue weighted by molar-refractivity contribution is 5.94. The maximum absolute atomic E-state index is 6.89. The van der Waals surface area contributed by atoms with Crippen LogP contribution in [0.25, 0.3) is 67.1 Å². The van der Waals surface area contributed by atoms with Crippen LogP contribution in [0.3, 0.4) is 0 Å². The average Bonchev–Trinajstić information content (AvgIpc) is 3.57. The quantitative estimate of drug-likeness (QED) is 0.195. The molecule has 0 fully saturated rings. The van der Waals surface area contributed by atoms with Crippen molar-refractivity contribution in [1.82, 2.24) is 9.97 Å². The Labute approximate surface area is 284 Å². The summed E-state index contributed by atoms with van der Waals surface area (Å²) in [7, 11) is 0. The van der Waals surface area contributed by atoms with Crippen LogP contribution >= 0.6 is 0 Å². The molecule has 0 spiro atoms. The minimum Gasteiger partial charge on any atom is -0.484 e. The number of para-hydroxylation sites is 1. The topological polar surface area (TPSA) is 35.0 Å². The van der Waals surface area contributed by atoms with Crippen molar-refractivity contribution in [2.24, 2.45) is 0 Å². The van der Waals surface area contributed by atoms with E-state index >= 15 is 0 Å². The van der Waals surface area contributed by atoms with Crippen molar-refractivity contribution in [2.45, 2.75) is 12.0 Å². The van der Waals surface area contributed by atoms with Gasteiger partial charge in [0.2, 0.25) is 0 Å². The SMILES string of the molecule is C1=C(c2ccc(-c3ccc4ccccc4c3)cc2)C2c3ccc(-c4nc(-c5ccccc5)c5ccccc5n4)cc3OC2c2ccccc21. The van der Waals surface area contributed by atoms with Gasteiger partial charge in [0.25, 0.3) is 0 Å². The smallest absolute Gasteiger partial charge is 0.160 e. The summed E-state index contributed by atoms with van der Waals surface area (Å²) in [5, 5.41) is 3.55. The molecule has 1 aliphatic carbocycles. The van der Waals surface area contributed by atoms with Crippen LogP contribution in [0.4, 0.5) is 0 Å². The van der Waals surface area contributed by atoms with Crippen molar-refractivity contribution < 1.29 is 4.74 Å². The molecule has 0 bridgehead atoms. The van der Waals surface area contributed by atoms with E-state index in [1.807, 2.05) is 18.2 Å². The van der Waals surface area contributed by atoms with Crippen LogP contribution in [-0.2, 0) is 0 Å². The van der Waals surface area contributed by atoms with Gasteiger partial charge in [0.05, 0.1) is 17.1 Å². The van der Waals surface area contributed by atoms with Gasteiger partial charge in [-0.05, 0) is 62.9 Å². The predicted molar refractivity (Wildman–Crippen MR) is 200 cm³/mol. The fourth-order valence-electron chi connectivity index (χ4n) is 7.64. The Balaban J connectivity index is 1.05. The van der Waals surface area contributed by atoms with Gasteiger partial charge >= 0.3 is 0 Å². The van der Waals surface area contributed by atoms with Crippen LogP contribution in [-0.4, -0.2) is 9.97 Å². The molecule has 0 saturated carbocycles. The second kappa shape index (κ2) is 11.1. The fourth-order valence-corrected chi connectivity index (χ4v) is 7.64. The zero-order valence-corrected chi connectivity index (χ0v) is 26.6. The summed E-state index contributed by atoms with van der Waals surface area (Å²) < 4.78 is 6.89. The van der Waals surface area contributed by atoms with E-state index in [4.69, 9.17) is 14.7 Å². The van der Waals surface area contributed by atoms with Crippen LogP contribution in [0.2, 0.25) is 0 Å². The van der Waals surface area contributed by atoms with Crippen LogP contribution in [0, 0.1) is 0 Å². The molecular weight excluding hydrogens is 597 g/mol. The summed E-state index contributed by atoms with van der Waals surface area (Å²) in [6, 6.07) is 58.0. The van der Waals surface area contributed by atoms with E-state index in [1.165, 1.54) is 49.7 Å².